The summed E-state index contributed by atoms with van der Waals surface area (Å²) < 4.78 is 6.38. The lowest BCUT2D eigenvalue weighted by Crippen LogP contribution is -2.69. The highest BCUT2D eigenvalue weighted by Gasteiger charge is 2.60. The third kappa shape index (κ3) is 2.83. The van der Waals surface area contributed by atoms with Crippen LogP contribution >= 0.6 is 0 Å². The number of carbonyl (C=O) groups is 2. The molecule has 2 aromatic rings. The zero-order valence-corrected chi connectivity index (χ0v) is 16.8. The molecule has 2 aliphatic heterocycles. The van der Waals surface area contributed by atoms with Crippen molar-refractivity contribution < 1.29 is 14.3 Å². The van der Waals surface area contributed by atoms with Gasteiger partial charge < -0.3 is 15.4 Å². The van der Waals surface area contributed by atoms with Crippen LogP contribution in [-0.2, 0) is 9.59 Å². The molecule has 2 N–H and O–H groups in total. The minimum absolute atomic E-state index is 0.109. The first kappa shape index (κ1) is 18.2. The monoisotopic (exact) mass is 390 g/mol. The van der Waals surface area contributed by atoms with Gasteiger partial charge in [-0.05, 0) is 55.5 Å². The molecule has 2 fully saturated rings. The molecular weight excluding hydrogens is 364 g/mol. The molecule has 5 heteroatoms. The lowest BCUT2D eigenvalue weighted by Gasteiger charge is -2.56. The summed E-state index contributed by atoms with van der Waals surface area (Å²) in [5.74, 6) is -0.503. The van der Waals surface area contributed by atoms with Crippen LogP contribution in [0.1, 0.15) is 48.3 Å². The fraction of sp³-hybridized carbons (Fsp3) is 0.417. The topological polar surface area (TPSA) is 67.4 Å². The minimum atomic E-state index is -0.767. The van der Waals surface area contributed by atoms with Gasteiger partial charge in [-0.2, -0.15) is 0 Å². The Morgan fingerprint density at radius 1 is 1.17 bits per heavy atom. The molecule has 0 aromatic heterocycles. The van der Waals surface area contributed by atoms with Gasteiger partial charge in [0.05, 0.1) is 0 Å². The molecule has 29 heavy (non-hydrogen) atoms. The molecule has 0 spiro atoms. The Kier molecular flexibility index (Phi) is 4.16. The average molecular weight is 390 g/mol. The van der Waals surface area contributed by atoms with E-state index in [-0.39, 0.29) is 23.7 Å². The highest BCUT2D eigenvalue weighted by atomic mass is 16.5. The van der Waals surface area contributed by atoms with E-state index in [0.29, 0.717) is 0 Å². The molecule has 2 aromatic carbocycles. The summed E-state index contributed by atoms with van der Waals surface area (Å²) in [7, 11) is 0. The number of anilines is 1. The van der Waals surface area contributed by atoms with Crippen LogP contribution in [0.2, 0.25) is 0 Å². The number of hydrogen-bond acceptors (Lipinski definition) is 3. The van der Waals surface area contributed by atoms with Crippen molar-refractivity contribution in [1.29, 1.82) is 0 Å². The molecule has 2 amide bonds. The highest BCUT2D eigenvalue weighted by molar-refractivity contribution is 6.08. The van der Waals surface area contributed by atoms with Crippen molar-refractivity contribution in [3.63, 3.8) is 0 Å². The molecule has 5 nitrogen and oxygen atoms in total. The van der Waals surface area contributed by atoms with Gasteiger partial charge >= 0.3 is 0 Å². The van der Waals surface area contributed by atoms with Crippen molar-refractivity contribution in [3.05, 3.63) is 59.2 Å². The van der Waals surface area contributed by atoms with E-state index < -0.39 is 11.6 Å². The number of rotatable bonds is 2. The molecule has 2 heterocycles. The maximum atomic E-state index is 13.4. The predicted octanol–water partition coefficient (Wildman–Crippen LogP) is 4.05. The maximum absolute atomic E-state index is 13.4. The third-order valence-corrected chi connectivity index (χ3v) is 6.83. The van der Waals surface area contributed by atoms with E-state index in [1.54, 1.807) is 0 Å². The molecule has 1 saturated carbocycles. The Labute approximate surface area is 170 Å². The zero-order chi connectivity index (χ0) is 20.2. The molecule has 2 bridgehead atoms. The van der Waals surface area contributed by atoms with E-state index in [4.69, 9.17) is 4.74 Å². The minimum Gasteiger partial charge on any atom is -0.467 e. The van der Waals surface area contributed by atoms with Gasteiger partial charge in [0.25, 0.3) is 0 Å². The van der Waals surface area contributed by atoms with Crippen molar-refractivity contribution in [2.24, 2.45) is 11.8 Å². The fourth-order valence-electron chi connectivity index (χ4n) is 5.43. The van der Waals surface area contributed by atoms with Gasteiger partial charge in [-0.3, -0.25) is 9.59 Å². The Morgan fingerprint density at radius 2 is 2.00 bits per heavy atom. The van der Waals surface area contributed by atoms with E-state index >= 15 is 0 Å². The van der Waals surface area contributed by atoms with Gasteiger partial charge in [0.2, 0.25) is 11.8 Å². The number of aryl methyl sites for hydroxylation is 2. The number of amides is 2. The normalized spacial score (nSPS) is 29.7. The van der Waals surface area contributed by atoms with E-state index in [1.165, 1.54) is 0 Å². The van der Waals surface area contributed by atoms with Crippen molar-refractivity contribution in [3.8, 4) is 5.75 Å². The summed E-state index contributed by atoms with van der Waals surface area (Å²) in [4.78, 5) is 26.6. The fourth-order valence-corrected chi connectivity index (χ4v) is 5.43. The molecule has 5 rings (SSSR count). The van der Waals surface area contributed by atoms with Crippen molar-refractivity contribution in [2.75, 3.05) is 5.32 Å². The largest absolute Gasteiger partial charge is 0.467 e. The molecular formula is C24H26N2O3. The third-order valence-electron chi connectivity index (χ3n) is 6.83. The Balaban J connectivity index is 1.56. The van der Waals surface area contributed by atoms with Gasteiger partial charge in [-0.1, -0.05) is 36.8 Å². The lowest BCUT2D eigenvalue weighted by molar-refractivity contribution is -0.160. The van der Waals surface area contributed by atoms with Crippen molar-refractivity contribution >= 4 is 17.5 Å². The maximum Gasteiger partial charge on any atom is 0.237 e. The lowest BCUT2D eigenvalue weighted by atomic mass is 9.62. The van der Waals surface area contributed by atoms with Crippen LogP contribution in [-0.4, -0.2) is 17.5 Å². The predicted molar refractivity (Wildman–Crippen MR) is 111 cm³/mol. The van der Waals surface area contributed by atoms with Crippen molar-refractivity contribution in [2.45, 2.75) is 51.2 Å². The van der Waals surface area contributed by atoms with Gasteiger partial charge in [-0.25, -0.2) is 0 Å². The number of nitrogens with one attached hydrogen (secondary N) is 2. The quantitative estimate of drug-likeness (QED) is 0.760. The summed E-state index contributed by atoms with van der Waals surface area (Å²) in [5, 5.41) is 6.16. The van der Waals surface area contributed by atoms with Gasteiger partial charge in [0.1, 0.15) is 11.7 Å². The molecule has 150 valence electrons. The number of benzene rings is 2. The molecule has 0 radical (unpaired) electrons. The van der Waals surface area contributed by atoms with Crippen LogP contribution in [0, 0.1) is 25.7 Å². The second-order valence-corrected chi connectivity index (χ2v) is 8.68. The average Bonchev–Trinajstić information content (AvgIpc) is 2.69. The zero-order valence-electron chi connectivity index (χ0n) is 16.8. The smallest absolute Gasteiger partial charge is 0.237 e. The molecule has 1 saturated heterocycles. The highest BCUT2D eigenvalue weighted by Crippen LogP contribution is 2.55. The van der Waals surface area contributed by atoms with Crippen LogP contribution in [0.5, 0.6) is 5.75 Å². The van der Waals surface area contributed by atoms with E-state index in [2.05, 4.69) is 10.6 Å². The number of ether oxygens (including phenoxy) is 1. The van der Waals surface area contributed by atoms with Gasteiger partial charge in [0, 0.05) is 23.9 Å². The summed E-state index contributed by atoms with van der Waals surface area (Å²) in [6.45, 7) is 3.96. The number of carbonyl (C=O) groups excluding carboxylic acids is 2. The van der Waals surface area contributed by atoms with E-state index in [1.807, 2.05) is 56.3 Å². The Bertz CT molecular complexity index is 1000. The van der Waals surface area contributed by atoms with Crippen LogP contribution in [0.4, 0.5) is 5.69 Å². The summed E-state index contributed by atoms with van der Waals surface area (Å²) in [6.07, 6.45) is 3.85. The molecule has 3 aliphatic rings. The van der Waals surface area contributed by atoms with Crippen LogP contribution in [0.25, 0.3) is 0 Å². The number of hydrogen-bond donors (Lipinski definition) is 2. The van der Waals surface area contributed by atoms with Gasteiger partial charge in [0.15, 0.2) is 5.72 Å². The molecule has 0 unspecified atom stereocenters. The van der Waals surface area contributed by atoms with Crippen molar-refractivity contribution in [1.82, 2.24) is 5.32 Å². The second kappa shape index (κ2) is 6.61. The van der Waals surface area contributed by atoms with Crippen LogP contribution < -0.4 is 15.4 Å². The molecule has 1 aliphatic carbocycles. The first-order valence-electron chi connectivity index (χ1n) is 10.5. The number of para-hydroxylation sites is 1. The van der Waals surface area contributed by atoms with Crippen LogP contribution in [0.15, 0.2) is 42.5 Å². The Hall–Kier alpha value is -2.82. The summed E-state index contributed by atoms with van der Waals surface area (Å²) >= 11 is 0. The number of piperidine rings is 1. The second-order valence-electron chi connectivity index (χ2n) is 8.68. The summed E-state index contributed by atoms with van der Waals surface area (Å²) in [5.41, 5.74) is 3.13. The SMILES string of the molecule is Cc1ccc(C)c(NC(=O)[C@@H]2C(=O)N[C@@]34CCCC[C@@H]3[C@@H]2c2ccccc2O4)c1. The standard InChI is InChI=1S/C24H26N2O3/c1-14-10-11-15(2)18(13-14)25-22(27)21-20-16-7-3-4-9-19(16)29-24(26-23(21)28)12-6-5-8-17(20)24/h3-4,7,9-11,13,17,20-21H,5-6,8,12H2,1-2H3,(H,25,27)(H,26,28)/t17-,20+,21-,24-/m1/s1. The van der Waals surface area contributed by atoms with Gasteiger partial charge in [-0.15, -0.1) is 0 Å². The first-order chi connectivity index (χ1) is 14.0. The first-order valence-corrected chi connectivity index (χ1v) is 10.5. The van der Waals surface area contributed by atoms with E-state index in [9.17, 15) is 9.59 Å². The number of fused-ring (bicyclic) bond motifs is 2. The van der Waals surface area contributed by atoms with E-state index in [0.717, 1.165) is 53.8 Å². The van der Waals surface area contributed by atoms with Crippen LogP contribution in [0.3, 0.4) is 0 Å². The molecule has 4 atom stereocenters. The Morgan fingerprint density at radius 3 is 2.86 bits per heavy atom. The summed E-state index contributed by atoms with van der Waals surface area (Å²) in [6, 6.07) is 13.8.